The second kappa shape index (κ2) is 14.6. The molecule has 0 spiro atoms. The summed E-state index contributed by atoms with van der Waals surface area (Å²) >= 11 is 0. The van der Waals surface area contributed by atoms with Crippen molar-refractivity contribution in [2.75, 3.05) is 13.1 Å². The lowest BCUT2D eigenvalue weighted by atomic mass is 9.88. The molecule has 34 heavy (non-hydrogen) atoms. The number of amides is 3. The van der Waals surface area contributed by atoms with Crippen LogP contribution in [0.25, 0.3) is 0 Å². The van der Waals surface area contributed by atoms with Crippen molar-refractivity contribution in [1.29, 1.82) is 0 Å². The zero-order chi connectivity index (χ0) is 25.8. The SMILES string of the molecule is CC(=O)CNC(=O)[C@H](CC(=O)[C@H](CCC(N)=O)NC(=O)CCC(=O)[C@@H]1C[C@@H](O)CN1)CC(C)C. The van der Waals surface area contributed by atoms with Crippen LogP contribution in [0.1, 0.15) is 65.7 Å². The van der Waals surface area contributed by atoms with E-state index in [2.05, 4.69) is 16.0 Å². The average Bonchev–Trinajstić information content (AvgIpc) is 3.18. The topological polar surface area (TPSA) is 185 Å². The molecule has 192 valence electrons. The normalized spacial score (nSPS) is 19.3. The van der Waals surface area contributed by atoms with Crippen LogP contribution < -0.4 is 21.7 Å². The maximum atomic E-state index is 13.0. The molecule has 6 N–H and O–H groups in total. The largest absolute Gasteiger partial charge is 0.392 e. The highest BCUT2D eigenvalue weighted by atomic mass is 16.3. The van der Waals surface area contributed by atoms with Gasteiger partial charge < -0.3 is 26.8 Å². The minimum atomic E-state index is -1.03. The van der Waals surface area contributed by atoms with Crippen LogP contribution in [0, 0.1) is 11.8 Å². The number of carbonyl (C=O) groups is 6. The van der Waals surface area contributed by atoms with Crippen LogP contribution in [0.2, 0.25) is 0 Å². The molecule has 0 aliphatic carbocycles. The third kappa shape index (κ3) is 11.5. The molecule has 4 atom stereocenters. The van der Waals surface area contributed by atoms with Crippen LogP contribution in [0.4, 0.5) is 0 Å². The number of aliphatic hydroxyl groups is 1. The summed E-state index contributed by atoms with van der Waals surface area (Å²) < 4.78 is 0. The van der Waals surface area contributed by atoms with E-state index in [0.717, 1.165) is 0 Å². The molecule has 0 unspecified atom stereocenters. The molecule has 1 fully saturated rings. The van der Waals surface area contributed by atoms with Gasteiger partial charge >= 0.3 is 0 Å². The first-order chi connectivity index (χ1) is 15.9. The molecule has 1 aliphatic rings. The second-order valence-electron chi connectivity index (χ2n) is 9.36. The minimum absolute atomic E-state index is 0.0201. The van der Waals surface area contributed by atoms with Crippen molar-refractivity contribution in [2.24, 2.45) is 17.6 Å². The smallest absolute Gasteiger partial charge is 0.223 e. The molecule has 11 heteroatoms. The van der Waals surface area contributed by atoms with Crippen LogP contribution in [0.5, 0.6) is 0 Å². The van der Waals surface area contributed by atoms with Crippen molar-refractivity contribution in [3.63, 3.8) is 0 Å². The van der Waals surface area contributed by atoms with Crippen molar-refractivity contribution >= 4 is 35.1 Å². The summed E-state index contributed by atoms with van der Waals surface area (Å²) in [6.45, 7) is 5.33. The van der Waals surface area contributed by atoms with Gasteiger partial charge in [-0.3, -0.25) is 28.8 Å². The van der Waals surface area contributed by atoms with Gasteiger partial charge in [-0.25, -0.2) is 0 Å². The van der Waals surface area contributed by atoms with E-state index in [4.69, 9.17) is 5.73 Å². The molecule has 1 rings (SSSR count). The summed E-state index contributed by atoms with van der Waals surface area (Å²) in [4.78, 5) is 72.6. The van der Waals surface area contributed by atoms with E-state index in [1.165, 1.54) is 6.92 Å². The van der Waals surface area contributed by atoms with E-state index < -0.39 is 47.6 Å². The fraction of sp³-hybridized carbons (Fsp3) is 0.739. The average molecular weight is 483 g/mol. The molecule has 1 saturated heterocycles. The van der Waals surface area contributed by atoms with E-state index in [1.807, 2.05) is 13.8 Å². The number of primary amides is 1. The van der Waals surface area contributed by atoms with E-state index in [-0.39, 0.29) is 56.1 Å². The number of Topliss-reactive ketones (excluding diaryl/α,β-unsaturated/α-hetero) is 3. The third-order valence-corrected chi connectivity index (χ3v) is 5.58. The number of hydrogen-bond donors (Lipinski definition) is 5. The molecular weight excluding hydrogens is 444 g/mol. The van der Waals surface area contributed by atoms with Crippen LogP contribution in [0.3, 0.4) is 0 Å². The zero-order valence-electron chi connectivity index (χ0n) is 20.2. The highest BCUT2D eigenvalue weighted by molar-refractivity contribution is 5.94. The molecule has 1 aliphatic heterocycles. The van der Waals surface area contributed by atoms with Crippen LogP contribution in [-0.2, 0) is 28.8 Å². The van der Waals surface area contributed by atoms with Crippen molar-refractivity contribution < 1.29 is 33.9 Å². The second-order valence-corrected chi connectivity index (χ2v) is 9.36. The molecule has 1 heterocycles. The van der Waals surface area contributed by atoms with Crippen molar-refractivity contribution in [3.8, 4) is 0 Å². The standard InChI is InChI=1S/C23H38N4O7/c1-13(2)8-15(23(34)26-11-14(3)28)9-20(31)17(4-6-21(24)32)27-22(33)7-5-19(30)18-10-16(29)12-25-18/h13,15-18,25,29H,4-12H2,1-3H3,(H2,24,32)(H,26,34)(H,27,33)/t15-,16+,17-,18-/m0/s1. The maximum absolute atomic E-state index is 13.0. The molecule has 0 aromatic rings. The van der Waals surface area contributed by atoms with Gasteiger partial charge in [-0.2, -0.15) is 0 Å². The predicted octanol–water partition coefficient (Wildman–Crippen LogP) is -0.864. The molecule has 0 aromatic carbocycles. The molecule has 0 bridgehead atoms. The molecule has 0 saturated carbocycles. The minimum Gasteiger partial charge on any atom is -0.392 e. The van der Waals surface area contributed by atoms with E-state index in [1.54, 1.807) is 0 Å². The van der Waals surface area contributed by atoms with Gasteiger partial charge in [-0.05, 0) is 32.1 Å². The summed E-state index contributed by atoms with van der Waals surface area (Å²) in [6, 6.07) is -1.53. The highest BCUT2D eigenvalue weighted by Crippen LogP contribution is 2.18. The van der Waals surface area contributed by atoms with Gasteiger partial charge in [0.1, 0.15) is 11.6 Å². The summed E-state index contributed by atoms with van der Waals surface area (Å²) in [5, 5.41) is 17.5. The number of nitrogens with two attached hydrogens (primary N) is 1. The Kier molecular flexibility index (Phi) is 12.6. The predicted molar refractivity (Wildman–Crippen MR) is 123 cm³/mol. The summed E-state index contributed by atoms with van der Waals surface area (Å²) in [7, 11) is 0. The van der Waals surface area contributed by atoms with Gasteiger partial charge in [-0.15, -0.1) is 0 Å². The Hall–Kier alpha value is -2.66. The number of nitrogens with one attached hydrogen (secondary N) is 3. The fourth-order valence-corrected chi connectivity index (χ4v) is 3.83. The van der Waals surface area contributed by atoms with Gasteiger partial charge in [0, 0.05) is 38.1 Å². The Bertz CT molecular complexity index is 768. The maximum Gasteiger partial charge on any atom is 0.223 e. The number of β-amino-alcohol motifs (C(OH)–C–C–N with tert-alkyl or cyclic N) is 1. The molecule has 3 amide bonds. The first-order valence-electron chi connectivity index (χ1n) is 11.7. The summed E-state index contributed by atoms with van der Waals surface area (Å²) in [5.41, 5.74) is 5.20. The number of hydrogen-bond acceptors (Lipinski definition) is 8. The van der Waals surface area contributed by atoms with Crippen molar-refractivity contribution in [1.82, 2.24) is 16.0 Å². The number of rotatable bonds is 16. The van der Waals surface area contributed by atoms with Crippen LogP contribution in [-0.4, -0.2) is 71.5 Å². The fourth-order valence-electron chi connectivity index (χ4n) is 3.83. The first kappa shape index (κ1) is 29.4. The lowest BCUT2D eigenvalue weighted by molar-refractivity contribution is -0.133. The summed E-state index contributed by atoms with van der Waals surface area (Å²) in [6.07, 6.45) is -0.431. The quantitative estimate of drug-likeness (QED) is 0.188. The van der Waals surface area contributed by atoms with Gasteiger partial charge in [0.25, 0.3) is 0 Å². The Labute approximate surface area is 200 Å². The van der Waals surface area contributed by atoms with E-state index >= 15 is 0 Å². The monoisotopic (exact) mass is 482 g/mol. The molecular formula is C23H38N4O7. The van der Waals surface area contributed by atoms with Gasteiger partial charge in [0.2, 0.25) is 17.7 Å². The van der Waals surface area contributed by atoms with E-state index in [9.17, 15) is 33.9 Å². The van der Waals surface area contributed by atoms with Gasteiger partial charge in [-0.1, -0.05) is 13.8 Å². The zero-order valence-corrected chi connectivity index (χ0v) is 20.2. The van der Waals surface area contributed by atoms with Crippen LogP contribution >= 0.6 is 0 Å². The number of ketones is 3. The number of aliphatic hydroxyl groups excluding tert-OH is 1. The van der Waals surface area contributed by atoms with Gasteiger partial charge in [0.05, 0.1) is 24.7 Å². The van der Waals surface area contributed by atoms with Gasteiger partial charge in [0.15, 0.2) is 5.78 Å². The Balaban J connectivity index is 2.76. The lowest BCUT2D eigenvalue weighted by Gasteiger charge is -2.22. The van der Waals surface area contributed by atoms with Crippen LogP contribution in [0.15, 0.2) is 0 Å². The summed E-state index contributed by atoms with van der Waals surface area (Å²) in [5.74, 6) is -3.02. The Morgan fingerprint density at radius 1 is 1.09 bits per heavy atom. The van der Waals surface area contributed by atoms with E-state index in [0.29, 0.717) is 19.4 Å². The molecule has 0 radical (unpaired) electrons. The Morgan fingerprint density at radius 3 is 2.29 bits per heavy atom. The Morgan fingerprint density at radius 2 is 1.76 bits per heavy atom. The highest BCUT2D eigenvalue weighted by Gasteiger charge is 2.30. The third-order valence-electron chi connectivity index (χ3n) is 5.58. The first-order valence-corrected chi connectivity index (χ1v) is 11.7. The molecule has 0 aromatic heterocycles. The van der Waals surface area contributed by atoms with Crippen molar-refractivity contribution in [2.45, 2.75) is 83.9 Å². The number of carbonyl (C=O) groups excluding carboxylic acids is 6. The molecule has 11 nitrogen and oxygen atoms in total. The van der Waals surface area contributed by atoms with Crippen molar-refractivity contribution in [3.05, 3.63) is 0 Å². The lowest BCUT2D eigenvalue weighted by Crippen LogP contribution is -2.44.